The lowest BCUT2D eigenvalue weighted by molar-refractivity contribution is -0.195. The van der Waals surface area contributed by atoms with Crippen LogP contribution in [0.25, 0.3) is 0 Å². The number of likely N-dealkylation sites (N-methyl/N-ethyl adjacent to an activating group) is 2. The summed E-state index contributed by atoms with van der Waals surface area (Å²) in [6.45, 7) is 10.6. The van der Waals surface area contributed by atoms with Crippen molar-refractivity contribution >= 4 is 47.2 Å². The van der Waals surface area contributed by atoms with Gasteiger partial charge in [-0.3, -0.25) is 24.4 Å². The minimum Gasteiger partial charge on any atom is -0.442 e. The van der Waals surface area contributed by atoms with Crippen LogP contribution >= 0.6 is 0 Å². The molecule has 4 aliphatic rings. The predicted octanol–water partition coefficient (Wildman–Crippen LogP) is 2.18. The second-order valence-electron chi connectivity index (χ2n) is 15.1. The predicted molar refractivity (Wildman–Crippen MR) is 200 cm³/mol. The molecule has 0 aromatic heterocycles. The topological polar surface area (TPSA) is 204 Å². The second-order valence-corrected chi connectivity index (χ2v) is 15.1. The molecule has 2 fully saturated rings. The van der Waals surface area contributed by atoms with Crippen molar-refractivity contribution < 1.29 is 53.0 Å². The molecule has 2 aromatic rings. The molecule has 304 valence electrons. The molecule has 19 nitrogen and oxygen atoms in total. The minimum absolute atomic E-state index is 0.0167. The van der Waals surface area contributed by atoms with Crippen molar-refractivity contribution in [3.8, 4) is 0 Å². The van der Waals surface area contributed by atoms with E-state index in [0.29, 0.717) is 74.4 Å². The smallest absolute Gasteiger partial charge is 0.442 e. The Hall–Kier alpha value is -5.92. The van der Waals surface area contributed by atoms with Gasteiger partial charge in [0.05, 0.1) is 26.4 Å². The molecule has 2 saturated heterocycles. The molecule has 0 bridgehead atoms. The summed E-state index contributed by atoms with van der Waals surface area (Å²) < 4.78 is 16.3. The van der Waals surface area contributed by atoms with Crippen molar-refractivity contribution in [3.63, 3.8) is 0 Å². The van der Waals surface area contributed by atoms with Crippen molar-refractivity contribution in [1.82, 2.24) is 29.9 Å². The molecule has 6 amide bonds. The van der Waals surface area contributed by atoms with Gasteiger partial charge in [0.15, 0.2) is 5.54 Å². The van der Waals surface area contributed by atoms with Crippen LogP contribution in [-0.4, -0.2) is 166 Å². The summed E-state index contributed by atoms with van der Waals surface area (Å²) in [5, 5.41) is 22.5. The highest BCUT2D eigenvalue weighted by molar-refractivity contribution is 6.25. The van der Waals surface area contributed by atoms with Crippen LogP contribution in [0.1, 0.15) is 66.5 Å². The van der Waals surface area contributed by atoms with E-state index < -0.39 is 40.7 Å². The number of hydrogen-bond acceptors (Lipinski definition) is 13. The Morgan fingerprint density at radius 1 is 0.684 bits per heavy atom. The molecule has 19 heteroatoms. The van der Waals surface area contributed by atoms with Gasteiger partial charge in [-0.05, 0) is 58.9 Å². The summed E-state index contributed by atoms with van der Waals surface area (Å²) >= 11 is 0. The van der Waals surface area contributed by atoms with Gasteiger partial charge in [0.1, 0.15) is 17.0 Å². The fourth-order valence-electron chi connectivity index (χ4n) is 6.82. The van der Waals surface area contributed by atoms with Gasteiger partial charge in [-0.15, -0.1) is 5.06 Å². The number of carbonyl (C=O) groups is 6. The van der Waals surface area contributed by atoms with Crippen LogP contribution in [0.4, 0.5) is 9.59 Å². The summed E-state index contributed by atoms with van der Waals surface area (Å²) in [5.41, 5.74) is -4.40. The number of hydrazone groups is 2. The third-order valence-corrected chi connectivity index (χ3v) is 9.98. The van der Waals surface area contributed by atoms with E-state index in [2.05, 4.69) is 10.2 Å². The first-order valence-electron chi connectivity index (χ1n) is 18.3. The Morgan fingerprint density at radius 3 is 1.47 bits per heavy atom. The number of morpholine rings is 2. The van der Waals surface area contributed by atoms with Crippen LogP contribution in [0.3, 0.4) is 0 Å². The fraction of sp³-hybridized carbons (Fsp3) is 0.474. The molecule has 2 unspecified atom stereocenters. The Bertz CT molecular complexity index is 2000. The zero-order valence-corrected chi connectivity index (χ0v) is 32.9. The molecular formula is C38H46N8O11. The molecule has 1 N–H and O–H groups in total. The molecule has 0 spiro atoms. The van der Waals surface area contributed by atoms with E-state index in [9.17, 15) is 34.0 Å². The highest BCUT2D eigenvalue weighted by atomic mass is 16.8. The molecule has 2 aromatic carbocycles. The number of hydrogen-bond donors (Lipinski definition) is 1. The third-order valence-electron chi connectivity index (χ3n) is 9.98. The van der Waals surface area contributed by atoms with Crippen LogP contribution in [0.15, 0.2) is 58.7 Å². The summed E-state index contributed by atoms with van der Waals surface area (Å²) in [5.74, 6) is -2.09. The lowest BCUT2D eigenvalue weighted by Crippen LogP contribution is -2.64. The van der Waals surface area contributed by atoms with Gasteiger partial charge in [0, 0.05) is 62.5 Å². The van der Waals surface area contributed by atoms with Gasteiger partial charge in [-0.1, -0.05) is 24.3 Å². The Morgan fingerprint density at radius 2 is 1.07 bits per heavy atom. The number of carbonyl (C=O) groups excluding carboxylic acids is 6. The third kappa shape index (κ3) is 7.64. The average molecular weight is 791 g/mol. The van der Waals surface area contributed by atoms with Crippen LogP contribution in [0.5, 0.6) is 0 Å². The van der Waals surface area contributed by atoms with E-state index in [1.807, 2.05) is 0 Å². The SMILES string of the molecule is CN1N=C(c2ccc(C(=O)N3CCOCC3)cc2)C(C)(N(O)C(=O)ON(C(=O)OC(C)(C)C)C2(C)C(=O)N(C)N=C2c2ccc(C(=O)N3CCOCC3)cc2)C1=O. The van der Waals surface area contributed by atoms with Gasteiger partial charge in [-0.25, -0.2) is 19.6 Å². The van der Waals surface area contributed by atoms with E-state index in [-0.39, 0.29) is 33.9 Å². The summed E-state index contributed by atoms with van der Waals surface area (Å²) in [7, 11) is 2.67. The highest BCUT2D eigenvalue weighted by Gasteiger charge is 2.59. The monoisotopic (exact) mass is 790 g/mol. The lowest BCUT2D eigenvalue weighted by atomic mass is 9.89. The molecule has 57 heavy (non-hydrogen) atoms. The number of ether oxygens (including phenoxy) is 3. The van der Waals surface area contributed by atoms with Crippen molar-refractivity contribution in [2.45, 2.75) is 51.3 Å². The highest BCUT2D eigenvalue weighted by Crippen LogP contribution is 2.34. The Labute approximate surface area is 328 Å². The maximum Gasteiger partial charge on any atom is 0.459 e. The van der Waals surface area contributed by atoms with Gasteiger partial charge in [-0.2, -0.15) is 15.3 Å². The zero-order valence-electron chi connectivity index (χ0n) is 32.9. The van der Waals surface area contributed by atoms with E-state index in [1.54, 1.807) is 54.8 Å². The van der Waals surface area contributed by atoms with Crippen molar-refractivity contribution in [3.05, 3.63) is 70.8 Å². The number of hydroxylamine groups is 4. The van der Waals surface area contributed by atoms with Crippen molar-refractivity contribution in [1.29, 1.82) is 0 Å². The number of nitrogens with zero attached hydrogens (tertiary/aromatic N) is 8. The van der Waals surface area contributed by atoms with Crippen LogP contribution in [0, 0.1) is 0 Å². The van der Waals surface area contributed by atoms with Crippen LogP contribution in [-0.2, 0) is 28.6 Å². The van der Waals surface area contributed by atoms with E-state index in [0.717, 1.165) is 10.0 Å². The standard InChI is InChI=1S/C38H46N8O11/c1-36(2,3)56-35(52)46(38(5)29(40-42(7)33(38)50)25-10-14-27(15-11-25)31(48)44-18-22-55-23-19-44)57-34(51)45(53)37(4)28(39-41(6)32(37)49)24-8-12-26(13-9-24)30(47)43-16-20-54-21-17-43/h8-15,53H,16-23H2,1-7H3. The first kappa shape index (κ1) is 40.7. The van der Waals surface area contributed by atoms with Crippen molar-refractivity contribution in [2.24, 2.45) is 10.2 Å². The van der Waals surface area contributed by atoms with Crippen LogP contribution < -0.4 is 0 Å². The molecule has 4 heterocycles. The van der Waals surface area contributed by atoms with E-state index in [1.165, 1.54) is 52.2 Å². The maximum absolute atomic E-state index is 14.1. The first-order chi connectivity index (χ1) is 26.9. The molecule has 0 saturated carbocycles. The molecule has 6 rings (SSSR count). The summed E-state index contributed by atoms with van der Waals surface area (Å²) in [6, 6.07) is 12.3. The second kappa shape index (κ2) is 15.5. The lowest BCUT2D eigenvalue weighted by Gasteiger charge is -2.38. The quantitative estimate of drug-likeness (QED) is 0.332. The fourth-order valence-corrected chi connectivity index (χ4v) is 6.82. The van der Waals surface area contributed by atoms with Gasteiger partial charge in [0.25, 0.3) is 23.6 Å². The minimum atomic E-state index is -2.22. The maximum atomic E-state index is 14.1. The zero-order chi connectivity index (χ0) is 41.4. The Balaban J connectivity index is 1.30. The summed E-state index contributed by atoms with van der Waals surface area (Å²) in [4.78, 5) is 90.8. The van der Waals surface area contributed by atoms with Crippen molar-refractivity contribution in [2.75, 3.05) is 66.7 Å². The number of rotatable bonds is 6. The van der Waals surface area contributed by atoms with Gasteiger partial charge < -0.3 is 28.8 Å². The van der Waals surface area contributed by atoms with Gasteiger partial charge in [0.2, 0.25) is 5.54 Å². The molecule has 4 aliphatic heterocycles. The average Bonchev–Trinajstić information content (AvgIpc) is 3.58. The number of benzene rings is 2. The van der Waals surface area contributed by atoms with Gasteiger partial charge >= 0.3 is 12.2 Å². The first-order valence-corrected chi connectivity index (χ1v) is 18.3. The summed E-state index contributed by atoms with van der Waals surface area (Å²) in [6.07, 6.45) is -2.94. The Kier molecular flexibility index (Phi) is 11.1. The number of amides is 6. The molecule has 0 radical (unpaired) electrons. The van der Waals surface area contributed by atoms with Crippen LogP contribution in [0.2, 0.25) is 0 Å². The van der Waals surface area contributed by atoms with E-state index in [4.69, 9.17) is 19.0 Å². The van der Waals surface area contributed by atoms with E-state index >= 15 is 0 Å². The largest absolute Gasteiger partial charge is 0.459 e. The molecular weight excluding hydrogens is 744 g/mol. The normalized spacial score (nSPS) is 22.6. The molecule has 0 aliphatic carbocycles. The molecule has 2 atom stereocenters.